The minimum atomic E-state index is -0.481. The molecule has 0 heterocycles. The number of nitrogens with two attached hydrogens (primary N) is 1. The molecule has 1 aromatic carbocycles. The summed E-state index contributed by atoms with van der Waals surface area (Å²) in [5.41, 5.74) is 6.34. The SMILES string of the molecule is CCN(CCOC(=O)c1ccc(N)cc1Cl)CCSF. The smallest absolute Gasteiger partial charge is 0.339 e. The molecule has 0 radical (unpaired) electrons. The molecule has 0 bridgehead atoms. The molecule has 0 aromatic heterocycles. The third-order valence-electron chi connectivity index (χ3n) is 2.79. The number of ether oxygens (including phenoxy) is 1. The highest BCUT2D eigenvalue weighted by atomic mass is 35.5. The Balaban J connectivity index is 2.42. The van der Waals surface area contributed by atoms with Gasteiger partial charge in [0.25, 0.3) is 0 Å². The van der Waals surface area contributed by atoms with Gasteiger partial charge in [-0.3, -0.25) is 4.90 Å². The molecule has 0 amide bonds. The van der Waals surface area contributed by atoms with Gasteiger partial charge in [-0.1, -0.05) is 18.5 Å². The van der Waals surface area contributed by atoms with E-state index in [2.05, 4.69) is 0 Å². The standard InChI is InChI=1S/C13H18ClFN2O2S/c1-2-17(6-8-20-15)5-7-19-13(18)11-4-3-10(16)9-12(11)14/h3-4,9H,2,5-8,16H2,1H3. The molecule has 1 rings (SSSR count). The Kier molecular flexibility index (Phi) is 7.72. The van der Waals surface area contributed by atoms with Gasteiger partial charge in [0.15, 0.2) is 0 Å². The Morgan fingerprint density at radius 2 is 2.25 bits per heavy atom. The number of halogens is 2. The zero-order valence-corrected chi connectivity index (χ0v) is 12.8. The molecule has 0 unspecified atom stereocenters. The molecule has 0 atom stereocenters. The van der Waals surface area contributed by atoms with Crippen LogP contribution in [0, 0.1) is 0 Å². The molecular weight excluding hydrogens is 303 g/mol. The number of carbonyl (C=O) groups excluding carboxylic acids is 1. The summed E-state index contributed by atoms with van der Waals surface area (Å²) in [5, 5.41) is 0.274. The molecule has 0 aliphatic heterocycles. The van der Waals surface area contributed by atoms with Gasteiger partial charge in [0, 0.05) is 36.7 Å². The Hall–Kier alpha value is -0.980. The number of hydrogen-bond donors (Lipinski definition) is 1. The lowest BCUT2D eigenvalue weighted by Crippen LogP contribution is -2.30. The summed E-state index contributed by atoms with van der Waals surface area (Å²) in [5.74, 6) is -0.0723. The Labute approximate surface area is 127 Å². The molecule has 0 saturated heterocycles. The Morgan fingerprint density at radius 1 is 1.50 bits per heavy atom. The van der Waals surface area contributed by atoms with E-state index in [1.165, 1.54) is 12.1 Å². The number of rotatable bonds is 8. The normalized spacial score (nSPS) is 10.8. The van der Waals surface area contributed by atoms with Gasteiger partial charge in [-0.05, 0) is 24.7 Å². The lowest BCUT2D eigenvalue weighted by Gasteiger charge is -2.19. The molecule has 20 heavy (non-hydrogen) atoms. The molecule has 2 N–H and O–H groups in total. The number of esters is 1. The summed E-state index contributed by atoms with van der Waals surface area (Å²) in [7, 11) is 0. The Bertz CT molecular complexity index is 448. The summed E-state index contributed by atoms with van der Waals surface area (Å²) in [6.45, 7) is 4.18. The maximum atomic E-state index is 12.0. The van der Waals surface area contributed by atoms with Crippen molar-refractivity contribution in [3.8, 4) is 0 Å². The summed E-state index contributed by atoms with van der Waals surface area (Å²) in [6, 6.07) is 4.64. The first-order chi connectivity index (χ1) is 9.58. The number of nitrogens with zero attached hydrogens (tertiary/aromatic N) is 1. The lowest BCUT2D eigenvalue weighted by atomic mass is 10.2. The first-order valence-corrected chi connectivity index (χ1v) is 7.53. The fourth-order valence-electron chi connectivity index (χ4n) is 1.63. The largest absolute Gasteiger partial charge is 0.461 e. The van der Waals surface area contributed by atoms with Crippen LogP contribution in [-0.4, -0.2) is 42.9 Å². The van der Waals surface area contributed by atoms with Crippen LogP contribution in [-0.2, 0) is 4.74 Å². The molecule has 0 spiro atoms. The van der Waals surface area contributed by atoms with Crippen LogP contribution in [0.3, 0.4) is 0 Å². The number of hydrogen-bond acceptors (Lipinski definition) is 5. The lowest BCUT2D eigenvalue weighted by molar-refractivity contribution is 0.0467. The quantitative estimate of drug-likeness (QED) is 0.589. The highest BCUT2D eigenvalue weighted by Gasteiger charge is 2.12. The van der Waals surface area contributed by atoms with Gasteiger partial charge in [0.05, 0.1) is 10.6 Å². The number of likely N-dealkylation sites (N-methyl/N-ethyl adjacent to an activating group) is 1. The Morgan fingerprint density at radius 3 is 2.85 bits per heavy atom. The first-order valence-electron chi connectivity index (χ1n) is 6.26. The molecule has 112 valence electrons. The van der Waals surface area contributed by atoms with Crippen LogP contribution in [0.15, 0.2) is 18.2 Å². The molecule has 1 aromatic rings. The van der Waals surface area contributed by atoms with Crippen LogP contribution < -0.4 is 5.73 Å². The van der Waals surface area contributed by atoms with E-state index in [1.54, 1.807) is 6.07 Å². The summed E-state index contributed by atoms with van der Waals surface area (Å²) >= 11 is 6.23. The zero-order valence-electron chi connectivity index (χ0n) is 11.3. The van der Waals surface area contributed by atoms with Gasteiger partial charge in [0.2, 0.25) is 0 Å². The zero-order chi connectivity index (χ0) is 15.0. The van der Waals surface area contributed by atoms with E-state index in [1.807, 2.05) is 11.8 Å². The van der Waals surface area contributed by atoms with E-state index in [0.717, 1.165) is 6.54 Å². The summed E-state index contributed by atoms with van der Waals surface area (Å²) < 4.78 is 17.2. The first kappa shape index (κ1) is 17.1. The summed E-state index contributed by atoms with van der Waals surface area (Å²) in [6.07, 6.45) is 0. The predicted molar refractivity (Wildman–Crippen MR) is 81.8 cm³/mol. The van der Waals surface area contributed by atoms with Crippen LogP contribution in [0.5, 0.6) is 0 Å². The van der Waals surface area contributed by atoms with Crippen molar-refractivity contribution in [2.24, 2.45) is 0 Å². The van der Waals surface area contributed by atoms with E-state index in [-0.39, 0.29) is 11.6 Å². The van der Waals surface area contributed by atoms with Gasteiger partial charge in [-0.25, -0.2) is 4.79 Å². The summed E-state index contributed by atoms with van der Waals surface area (Å²) in [4.78, 5) is 13.8. The van der Waals surface area contributed by atoms with Crippen molar-refractivity contribution in [1.82, 2.24) is 4.90 Å². The fourth-order valence-corrected chi connectivity index (χ4v) is 2.23. The molecule has 0 aliphatic carbocycles. The molecule has 0 saturated carbocycles. The van der Waals surface area contributed by atoms with Crippen molar-refractivity contribution in [3.05, 3.63) is 28.8 Å². The average Bonchev–Trinajstić information content (AvgIpc) is 2.42. The topological polar surface area (TPSA) is 55.6 Å². The van der Waals surface area contributed by atoms with E-state index in [9.17, 15) is 8.68 Å². The molecule has 4 nitrogen and oxygen atoms in total. The van der Waals surface area contributed by atoms with Crippen LogP contribution in [0.25, 0.3) is 0 Å². The van der Waals surface area contributed by atoms with Crippen molar-refractivity contribution in [1.29, 1.82) is 0 Å². The molecular formula is C13H18ClFN2O2S. The third kappa shape index (κ3) is 5.56. The maximum Gasteiger partial charge on any atom is 0.339 e. The second-order valence-electron chi connectivity index (χ2n) is 4.12. The van der Waals surface area contributed by atoms with Crippen LogP contribution in [0.1, 0.15) is 17.3 Å². The number of carbonyl (C=O) groups is 1. The number of nitrogen functional groups attached to an aromatic ring is 1. The van der Waals surface area contributed by atoms with Crippen LogP contribution in [0.2, 0.25) is 5.02 Å². The predicted octanol–water partition coefficient (Wildman–Crippen LogP) is 3.02. The van der Waals surface area contributed by atoms with Gasteiger partial charge < -0.3 is 10.5 Å². The molecule has 0 fully saturated rings. The van der Waals surface area contributed by atoms with Crippen LogP contribution >= 0.6 is 23.7 Å². The van der Waals surface area contributed by atoms with Crippen molar-refractivity contribution < 1.29 is 13.4 Å². The highest BCUT2D eigenvalue weighted by molar-refractivity contribution is 7.94. The monoisotopic (exact) mass is 320 g/mol. The minimum Gasteiger partial charge on any atom is -0.461 e. The van der Waals surface area contributed by atoms with E-state index in [4.69, 9.17) is 22.1 Å². The second kappa shape index (κ2) is 9.05. The van der Waals surface area contributed by atoms with Crippen molar-refractivity contribution in [2.45, 2.75) is 6.92 Å². The van der Waals surface area contributed by atoms with Crippen molar-refractivity contribution in [3.63, 3.8) is 0 Å². The van der Waals surface area contributed by atoms with E-state index in [0.29, 0.717) is 42.2 Å². The van der Waals surface area contributed by atoms with Gasteiger partial charge >= 0.3 is 5.97 Å². The number of anilines is 1. The maximum absolute atomic E-state index is 12.0. The molecule has 0 aliphatic rings. The average molecular weight is 321 g/mol. The fraction of sp³-hybridized carbons (Fsp3) is 0.462. The van der Waals surface area contributed by atoms with E-state index < -0.39 is 5.97 Å². The van der Waals surface area contributed by atoms with Crippen LogP contribution in [0.4, 0.5) is 9.57 Å². The third-order valence-corrected chi connectivity index (χ3v) is 3.44. The second-order valence-corrected chi connectivity index (χ2v) is 5.16. The highest BCUT2D eigenvalue weighted by Crippen LogP contribution is 2.19. The van der Waals surface area contributed by atoms with Gasteiger partial charge in [-0.15, -0.1) is 0 Å². The van der Waals surface area contributed by atoms with Gasteiger partial charge in [-0.2, -0.15) is 3.89 Å². The molecule has 7 heteroatoms. The minimum absolute atomic E-state index is 0.240. The number of benzene rings is 1. The van der Waals surface area contributed by atoms with Crippen molar-refractivity contribution >= 4 is 35.4 Å². The van der Waals surface area contributed by atoms with Gasteiger partial charge in [0.1, 0.15) is 6.61 Å². The van der Waals surface area contributed by atoms with E-state index >= 15 is 0 Å². The van der Waals surface area contributed by atoms with Crippen molar-refractivity contribution in [2.75, 3.05) is 37.7 Å².